The second-order valence-corrected chi connectivity index (χ2v) is 7.27. The normalized spacial score (nSPS) is 11.1. The van der Waals surface area contributed by atoms with Gasteiger partial charge in [-0.2, -0.15) is 0 Å². The Morgan fingerprint density at radius 1 is 0.654 bits per heavy atom. The highest BCUT2D eigenvalue weighted by Gasteiger charge is 1.97. The minimum atomic E-state index is -1.09. The van der Waals surface area contributed by atoms with Crippen LogP contribution in [0.2, 0.25) is 0 Å². The lowest BCUT2D eigenvalue weighted by Crippen LogP contribution is -2.22. The van der Waals surface area contributed by atoms with E-state index in [0.29, 0.717) is 6.54 Å². The Hall–Kier alpha value is -1.32. The summed E-state index contributed by atoms with van der Waals surface area (Å²) in [5.74, 6) is -1.42. The van der Waals surface area contributed by atoms with E-state index in [1.165, 1.54) is 89.9 Å². The Balaban J connectivity index is 3.13. The summed E-state index contributed by atoms with van der Waals surface area (Å²) in [5, 5.41) is 11.1. The van der Waals surface area contributed by atoms with Crippen LogP contribution in [-0.2, 0) is 9.59 Å². The van der Waals surface area contributed by atoms with Gasteiger partial charge in [-0.05, 0) is 6.42 Å². The number of carbonyl (C=O) groups excluding carboxylic acids is 1. The summed E-state index contributed by atoms with van der Waals surface area (Å²) in [6.07, 6.45) is 23.2. The van der Waals surface area contributed by atoms with Crippen molar-refractivity contribution in [2.75, 3.05) is 6.54 Å². The molecule has 0 aliphatic carbocycles. The SMILES string of the molecule is CCCCCCCCCCCCCCCCCCNC(=O)/C=C/C(=O)O. The Bertz CT molecular complexity index is 366. The molecule has 0 saturated heterocycles. The van der Waals surface area contributed by atoms with Crippen LogP contribution in [0.15, 0.2) is 12.2 Å². The number of carbonyl (C=O) groups is 2. The first-order chi connectivity index (χ1) is 12.7. The molecular weight excluding hydrogens is 326 g/mol. The molecule has 152 valence electrons. The van der Waals surface area contributed by atoms with Gasteiger partial charge in [0.25, 0.3) is 0 Å². The number of hydrogen-bond acceptors (Lipinski definition) is 2. The molecule has 0 spiro atoms. The van der Waals surface area contributed by atoms with Gasteiger partial charge in [0.2, 0.25) is 5.91 Å². The van der Waals surface area contributed by atoms with E-state index in [-0.39, 0.29) is 5.91 Å². The summed E-state index contributed by atoms with van der Waals surface area (Å²) in [4.78, 5) is 21.5. The van der Waals surface area contributed by atoms with Crippen molar-refractivity contribution in [2.24, 2.45) is 0 Å². The predicted molar refractivity (Wildman–Crippen MR) is 109 cm³/mol. The molecule has 0 saturated carbocycles. The Morgan fingerprint density at radius 2 is 1.04 bits per heavy atom. The molecule has 4 nitrogen and oxygen atoms in total. The number of amides is 1. The molecule has 0 fully saturated rings. The maximum atomic E-state index is 11.2. The maximum Gasteiger partial charge on any atom is 0.328 e. The molecule has 0 unspecified atom stereocenters. The molecule has 0 bridgehead atoms. The lowest BCUT2D eigenvalue weighted by Gasteiger charge is -2.04. The third kappa shape index (κ3) is 20.7. The van der Waals surface area contributed by atoms with Crippen LogP contribution in [0, 0.1) is 0 Å². The van der Waals surface area contributed by atoms with Gasteiger partial charge >= 0.3 is 5.97 Å². The van der Waals surface area contributed by atoms with Crippen LogP contribution in [0.3, 0.4) is 0 Å². The van der Waals surface area contributed by atoms with Crippen molar-refractivity contribution in [3.63, 3.8) is 0 Å². The molecule has 0 aromatic carbocycles. The van der Waals surface area contributed by atoms with Crippen molar-refractivity contribution in [3.05, 3.63) is 12.2 Å². The van der Waals surface area contributed by atoms with Gasteiger partial charge < -0.3 is 10.4 Å². The first-order valence-electron chi connectivity index (χ1n) is 10.9. The number of aliphatic carboxylic acids is 1. The molecule has 0 aromatic heterocycles. The molecular formula is C22H41NO3. The number of hydrogen-bond donors (Lipinski definition) is 2. The minimum absolute atomic E-state index is 0.326. The molecule has 0 rings (SSSR count). The van der Waals surface area contributed by atoms with E-state index in [1.807, 2.05) is 0 Å². The van der Waals surface area contributed by atoms with E-state index in [0.717, 1.165) is 25.0 Å². The van der Waals surface area contributed by atoms with Crippen LogP contribution >= 0.6 is 0 Å². The fourth-order valence-corrected chi connectivity index (χ4v) is 3.09. The largest absolute Gasteiger partial charge is 0.478 e. The highest BCUT2D eigenvalue weighted by Crippen LogP contribution is 2.13. The van der Waals surface area contributed by atoms with Gasteiger partial charge in [0.05, 0.1) is 0 Å². The van der Waals surface area contributed by atoms with Gasteiger partial charge in [-0.15, -0.1) is 0 Å². The van der Waals surface area contributed by atoms with E-state index in [2.05, 4.69) is 12.2 Å². The molecule has 0 aromatic rings. The second-order valence-electron chi connectivity index (χ2n) is 7.27. The molecule has 0 aliphatic rings. The highest BCUT2D eigenvalue weighted by atomic mass is 16.4. The average Bonchev–Trinajstić information content (AvgIpc) is 2.62. The minimum Gasteiger partial charge on any atom is -0.478 e. The van der Waals surface area contributed by atoms with E-state index >= 15 is 0 Å². The average molecular weight is 368 g/mol. The number of carboxylic acid groups (broad SMARTS) is 1. The lowest BCUT2D eigenvalue weighted by atomic mass is 10.0. The van der Waals surface area contributed by atoms with Crippen molar-refractivity contribution in [1.29, 1.82) is 0 Å². The molecule has 0 aliphatic heterocycles. The summed E-state index contributed by atoms with van der Waals surface area (Å²) < 4.78 is 0. The zero-order chi connectivity index (χ0) is 19.3. The van der Waals surface area contributed by atoms with Crippen LogP contribution in [0.4, 0.5) is 0 Å². The lowest BCUT2D eigenvalue weighted by molar-refractivity contribution is -0.131. The molecule has 26 heavy (non-hydrogen) atoms. The number of unbranched alkanes of at least 4 members (excludes halogenated alkanes) is 15. The predicted octanol–water partition coefficient (Wildman–Crippen LogP) is 6.00. The van der Waals surface area contributed by atoms with E-state index in [1.54, 1.807) is 0 Å². The van der Waals surface area contributed by atoms with Gasteiger partial charge in [0.1, 0.15) is 0 Å². The monoisotopic (exact) mass is 367 g/mol. The molecule has 0 atom stereocenters. The highest BCUT2D eigenvalue weighted by molar-refractivity contribution is 5.93. The molecule has 0 heterocycles. The Labute approximate surface area is 160 Å². The Kier molecular flexibility index (Phi) is 19.0. The van der Waals surface area contributed by atoms with Crippen molar-refractivity contribution in [3.8, 4) is 0 Å². The molecule has 0 radical (unpaired) electrons. The van der Waals surface area contributed by atoms with E-state index < -0.39 is 5.97 Å². The van der Waals surface area contributed by atoms with Crippen molar-refractivity contribution < 1.29 is 14.7 Å². The van der Waals surface area contributed by atoms with Crippen LogP contribution < -0.4 is 5.32 Å². The number of nitrogens with one attached hydrogen (secondary N) is 1. The summed E-state index contributed by atoms with van der Waals surface area (Å²) in [6.45, 7) is 2.89. The summed E-state index contributed by atoms with van der Waals surface area (Å²) in [7, 11) is 0. The first kappa shape index (κ1) is 24.7. The first-order valence-corrected chi connectivity index (χ1v) is 10.9. The van der Waals surface area contributed by atoms with Gasteiger partial charge in [-0.25, -0.2) is 4.79 Å². The Morgan fingerprint density at radius 3 is 1.42 bits per heavy atom. The van der Waals surface area contributed by atoms with Gasteiger partial charge in [-0.1, -0.05) is 103 Å². The summed E-state index contributed by atoms with van der Waals surface area (Å²) in [6, 6.07) is 0. The van der Waals surface area contributed by atoms with Gasteiger partial charge in [-0.3, -0.25) is 4.79 Å². The van der Waals surface area contributed by atoms with Crippen molar-refractivity contribution >= 4 is 11.9 Å². The fraction of sp³-hybridized carbons (Fsp3) is 0.818. The molecule has 2 N–H and O–H groups in total. The van der Waals surface area contributed by atoms with Crippen LogP contribution in [0.1, 0.15) is 110 Å². The number of carboxylic acids is 1. The maximum absolute atomic E-state index is 11.2. The van der Waals surface area contributed by atoms with Crippen LogP contribution in [-0.4, -0.2) is 23.5 Å². The fourth-order valence-electron chi connectivity index (χ4n) is 3.09. The standard InChI is InChI=1S/C22H41NO3/c1-2-3-4-5-6-7-8-9-10-11-12-13-14-15-16-17-20-23-21(24)18-19-22(25)26/h18-19H,2-17,20H2,1H3,(H,23,24)(H,25,26)/b19-18+. The van der Waals surface area contributed by atoms with E-state index in [9.17, 15) is 9.59 Å². The van der Waals surface area contributed by atoms with Crippen molar-refractivity contribution in [2.45, 2.75) is 110 Å². The van der Waals surface area contributed by atoms with Crippen molar-refractivity contribution in [1.82, 2.24) is 5.32 Å². The quantitative estimate of drug-likeness (QED) is 0.217. The van der Waals surface area contributed by atoms with Crippen LogP contribution in [0.25, 0.3) is 0 Å². The summed E-state index contributed by atoms with van der Waals surface area (Å²) >= 11 is 0. The third-order valence-electron chi connectivity index (χ3n) is 4.71. The molecule has 1 amide bonds. The van der Waals surface area contributed by atoms with Crippen LogP contribution in [0.5, 0.6) is 0 Å². The van der Waals surface area contributed by atoms with Gasteiger partial charge in [0, 0.05) is 18.7 Å². The molecule has 4 heteroatoms. The zero-order valence-corrected chi connectivity index (χ0v) is 16.9. The van der Waals surface area contributed by atoms with E-state index in [4.69, 9.17) is 5.11 Å². The topological polar surface area (TPSA) is 66.4 Å². The summed E-state index contributed by atoms with van der Waals surface area (Å²) in [5.41, 5.74) is 0. The second kappa shape index (κ2) is 20.0. The number of rotatable bonds is 19. The van der Waals surface area contributed by atoms with Gasteiger partial charge in [0.15, 0.2) is 0 Å². The third-order valence-corrected chi connectivity index (χ3v) is 4.71. The smallest absolute Gasteiger partial charge is 0.328 e. The zero-order valence-electron chi connectivity index (χ0n) is 16.9.